The summed E-state index contributed by atoms with van der Waals surface area (Å²) >= 11 is 0. The van der Waals surface area contributed by atoms with Crippen LogP contribution in [0, 0.1) is 5.92 Å². The molecular weight excluding hydrogens is 168 g/mol. The molecule has 4 heteroatoms. The molecule has 0 unspecified atom stereocenters. The third kappa shape index (κ3) is 7.46. The van der Waals surface area contributed by atoms with Gasteiger partial charge in [0.15, 0.2) is 0 Å². The van der Waals surface area contributed by atoms with Crippen molar-refractivity contribution in [3.8, 4) is 0 Å². The molecule has 0 aliphatic rings. The fraction of sp³-hybridized carbons (Fsp3) is 0.778. The molecule has 76 valence electrons. The summed E-state index contributed by atoms with van der Waals surface area (Å²) in [6.45, 7) is 5.35. The number of hydrogen-bond donors (Lipinski definition) is 1. The fourth-order valence-corrected chi connectivity index (χ4v) is 0.811. The minimum atomic E-state index is -0.0296. The lowest BCUT2D eigenvalue weighted by atomic mass is 10.2. The van der Waals surface area contributed by atoms with E-state index in [2.05, 4.69) is 5.32 Å². The van der Waals surface area contributed by atoms with Gasteiger partial charge in [0, 0.05) is 6.54 Å². The first-order valence-corrected chi connectivity index (χ1v) is 4.45. The summed E-state index contributed by atoms with van der Waals surface area (Å²) in [4.78, 5) is 22.9. The van der Waals surface area contributed by atoms with E-state index in [-0.39, 0.29) is 12.5 Å². The highest BCUT2D eigenvalue weighted by Crippen LogP contribution is 1.87. The zero-order valence-corrected chi connectivity index (χ0v) is 8.54. The summed E-state index contributed by atoms with van der Waals surface area (Å²) in [5.74, 6) is 0.429. The van der Waals surface area contributed by atoms with Crippen LogP contribution in [-0.4, -0.2) is 43.8 Å². The Morgan fingerprint density at radius 1 is 1.54 bits per heavy atom. The number of likely N-dealkylation sites (N-methyl/N-ethyl adjacent to an activating group) is 1. The summed E-state index contributed by atoms with van der Waals surface area (Å²) in [6.07, 6.45) is 0.787. The van der Waals surface area contributed by atoms with Gasteiger partial charge in [-0.15, -0.1) is 0 Å². The topological polar surface area (TPSA) is 49.4 Å². The van der Waals surface area contributed by atoms with Crippen molar-refractivity contribution < 1.29 is 9.59 Å². The van der Waals surface area contributed by atoms with Crippen LogP contribution in [0.2, 0.25) is 0 Å². The Morgan fingerprint density at radius 2 is 2.15 bits per heavy atom. The predicted molar refractivity (Wildman–Crippen MR) is 51.4 cm³/mol. The Kier molecular flexibility index (Phi) is 6.14. The van der Waals surface area contributed by atoms with Crippen LogP contribution in [0.4, 0.5) is 0 Å². The van der Waals surface area contributed by atoms with E-state index >= 15 is 0 Å². The number of hydrogen-bond acceptors (Lipinski definition) is 3. The van der Waals surface area contributed by atoms with E-state index < -0.39 is 0 Å². The number of carbonyl (C=O) groups excluding carboxylic acids is 2. The van der Waals surface area contributed by atoms with E-state index in [1.165, 1.54) is 0 Å². The van der Waals surface area contributed by atoms with Crippen LogP contribution in [-0.2, 0) is 9.59 Å². The lowest BCUT2D eigenvalue weighted by Gasteiger charge is -2.13. The first-order valence-electron chi connectivity index (χ1n) is 4.45. The molecule has 0 fully saturated rings. The second-order valence-corrected chi connectivity index (χ2v) is 3.56. The van der Waals surface area contributed by atoms with Gasteiger partial charge < -0.3 is 10.1 Å². The molecule has 0 atom stereocenters. The van der Waals surface area contributed by atoms with Gasteiger partial charge in [-0.25, -0.2) is 0 Å². The molecule has 0 rings (SSSR count). The fourth-order valence-electron chi connectivity index (χ4n) is 0.811. The average molecular weight is 186 g/mol. The van der Waals surface area contributed by atoms with Crippen LogP contribution in [0.5, 0.6) is 0 Å². The molecule has 0 saturated carbocycles. The number of aldehydes is 1. The molecule has 0 bridgehead atoms. The van der Waals surface area contributed by atoms with Gasteiger partial charge in [-0.05, 0) is 13.0 Å². The van der Waals surface area contributed by atoms with Gasteiger partial charge in [-0.1, -0.05) is 13.8 Å². The van der Waals surface area contributed by atoms with Crippen LogP contribution in [0.1, 0.15) is 13.8 Å². The monoisotopic (exact) mass is 186 g/mol. The Balaban J connectivity index is 3.55. The number of nitrogens with zero attached hydrogens (tertiary/aromatic N) is 1. The molecule has 0 aliphatic carbocycles. The van der Waals surface area contributed by atoms with Crippen molar-refractivity contribution in [2.45, 2.75) is 13.8 Å². The lowest BCUT2D eigenvalue weighted by molar-refractivity contribution is -0.122. The number of rotatable bonds is 6. The van der Waals surface area contributed by atoms with Crippen molar-refractivity contribution in [1.82, 2.24) is 10.2 Å². The van der Waals surface area contributed by atoms with Crippen LogP contribution in [0.15, 0.2) is 0 Å². The van der Waals surface area contributed by atoms with Crippen molar-refractivity contribution in [2.75, 3.05) is 26.7 Å². The van der Waals surface area contributed by atoms with E-state index in [1.54, 1.807) is 11.9 Å². The van der Waals surface area contributed by atoms with E-state index in [4.69, 9.17) is 0 Å². The third-order valence-electron chi connectivity index (χ3n) is 1.51. The van der Waals surface area contributed by atoms with Gasteiger partial charge >= 0.3 is 0 Å². The van der Waals surface area contributed by atoms with E-state index in [0.29, 0.717) is 19.0 Å². The first kappa shape index (κ1) is 12.1. The summed E-state index contributed by atoms with van der Waals surface area (Å²) in [7, 11) is 1.74. The maximum Gasteiger partial charge on any atom is 0.234 e. The minimum Gasteiger partial charge on any atom is -0.355 e. The van der Waals surface area contributed by atoms with E-state index in [9.17, 15) is 9.59 Å². The molecule has 0 aromatic heterocycles. The highest BCUT2D eigenvalue weighted by molar-refractivity contribution is 5.78. The summed E-state index contributed by atoms with van der Waals surface area (Å²) in [6, 6.07) is 0. The molecule has 0 heterocycles. The van der Waals surface area contributed by atoms with Crippen LogP contribution in [0.25, 0.3) is 0 Å². The van der Waals surface area contributed by atoms with Gasteiger partial charge in [-0.3, -0.25) is 9.69 Å². The summed E-state index contributed by atoms with van der Waals surface area (Å²) in [5.41, 5.74) is 0. The van der Waals surface area contributed by atoms with Crippen LogP contribution in [0.3, 0.4) is 0 Å². The quantitative estimate of drug-likeness (QED) is 0.589. The average Bonchev–Trinajstić information content (AvgIpc) is 2.01. The molecule has 4 nitrogen and oxygen atoms in total. The van der Waals surface area contributed by atoms with E-state index in [1.807, 2.05) is 13.8 Å². The molecule has 0 saturated heterocycles. The van der Waals surface area contributed by atoms with Crippen molar-refractivity contribution in [3.05, 3.63) is 0 Å². The Bertz CT molecular complexity index is 169. The van der Waals surface area contributed by atoms with Crippen molar-refractivity contribution in [3.63, 3.8) is 0 Å². The van der Waals surface area contributed by atoms with Crippen molar-refractivity contribution in [2.24, 2.45) is 5.92 Å². The van der Waals surface area contributed by atoms with Gasteiger partial charge in [0.25, 0.3) is 0 Å². The zero-order valence-electron chi connectivity index (χ0n) is 8.54. The standard InChI is InChI=1S/C9H18N2O2/c1-8(2)6-10-9(13)7-11(3)4-5-12/h5,8H,4,6-7H2,1-3H3,(H,10,13). The number of nitrogens with one attached hydrogen (secondary N) is 1. The first-order chi connectivity index (χ1) is 6.06. The highest BCUT2D eigenvalue weighted by Gasteiger charge is 2.05. The zero-order chi connectivity index (χ0) is 10.3. The highest BCUT2D eigenvalue weighted by atomic mass is 16.2. The maximum absolute atomic E-state index is 11.2. The Hall–Kier alpha value is -0.900. The van der Waals surface area contributed by atoms with Gasteiger partial charge in [-0.2, -0.15) is 0 Å². The normalized spacial score (nSPS) is 10.5. The SMILES string of the molecule is CC(C)CNC(=O)CN(C)CC=O. The third-order valence-corrected chi connectivity index (χ3v) is 1.51. The lowest BCUT2D eigenvalue weighted by Crippen LogP contribution is -2.37. The molecule has 13 heavy (non-hydrogen) atoms. The molecule has 0 spiro atoms. The summed E-state index contributed by atoms with van der Waals surface area (Å²) < 4.78 is 0. The molecule has 0 aromatic carbocycles. The largest absolute Gasteiger partial charge is 0.355 e. The van der Waals surface area contributed by atoms with Crippen LogP contribution >= 0.6 is 0 Å². The van der Waals surface area contributed by atoms with Crippen molar-refractivity contribution >= 4 is 12.2 Å². The minimum absolute atomic E-state index is 0.0296. The summed E-state index contributed by atoms with van der Waals surface area (Å²) in [5, 5.41) is 2.77. The Morgan fingerprint density at radius 3 is 2.62 bits per heavy atom. The second kappa shape index (κ2) is 6.60. The molecular formula is C9H18N2O2. The van der Waals surface area contributed by atoms with Gasteiger partial charge in [0.2, 0.25) is 5.91 Å². The van der Waals surface area contributed by atoms with Crippen LogP contribution < -0.4 is 5.32 Å². The predicted octanol–water partition coefficient (Wildman–Crippen LogP) is -0.111. The molecule has 1 amide bonds. The van der Waals surface area contributed by atoms with E-state index in [0.717, 1.165) is 6.29 Å². The maximum atomic E-state index is 11.2. The molecule has 0 radical (unpaired) electrons. The number of amides is 1. The Labute approximate surface area is 79.3 Å². The van der Waals surface area contributed by atoms with Gasteiger partial charge in [0.05, 0.1) is 13.1 Å². The second-order valence-electron chi connectivity index (χ2n) is 3.56. The molecule has 1 N–H and O–H groups in total. The number of carbonyl (C=O) groups is 2. The molecule has 0 aromatic rings. The van der Waals surface area contributed by atoms with Crippen molar-refractivity contribution in [1.29, 1.82) is 0 Å². The smallest absolute Gasteiger partial charge is 0.234 e. The van der Waals surface area contributed by atoms with Gasteiger partial charge in [0.1, 0.15) is 6.29 Å². The molecule has 0 aliphatic heterocycles.